The Morgan fingerprint density at radius 1 is 0.339 bits per heavy atom. The Hall–Kier alpha value is -6.86. The molecule has 10 rings (SSSR count). The van der Waals surface area contributed by atoms with Crippen LogP contribution in [0.2, 0.25) is 0 Å². The minimum Gasteiger partial charge on any atom is -0.236 e. The predicted octanol–water partition coefficient (Wildman–Crippen LogP) is 9.68. The molecule has 264 valence electrons. The maximum absolute atomic E-state index is 5.26. The summed E-state index contributed by atoms with van der Waals surface area (Å²) < 4.78 is 1.12. The summed E-state index contributed by atoms with van der Waals surface area (Å²) in [5.74, 6) is 1.90. The van der Waals surface area contributed by atoms with Crippen LogP contribution in [0.1, 0.15) is 0 Å². The normalized spacial score (nSPS) is 11.6. The van der Waals surface area contributed by atoms with Crippen molar-refractivity contribution in [3.8, 4) is 44.7 Å². The van der Waals surface area contributed by atoms with Crippen LogP contribution in [0.3, 0.4) is 0 Å². The fraction of sp³-hybridized carbons (Fsp3) is 0. The quantitative estimate of drug-likeness (QED) is 0.115. The lowest BCUT2D eigenvalue weighted by Gasteiger charge is -2.34. The minimum atomic E-state index is -2.69. The van der Waals surface area contributed by atoms with Crippen molar-refractivity contribution in [2.24, 2.45) is 0 Å². The fourth-order valence-corrected chi connectivity index (χ4v) is 13.8. The summed E-state index contributed by atoms with van der Waals surface area (Å²) in [5, 5.41) is 8.50. The maximum Gasteiger partial charge on any atom is 0.179 e. The number of hydrogen-bond acceptors (Lipinski definition) is 5. The van der Waals surface area contributed by atoms with Crippen molar-refractivity contribution in [2.75, 3.05) is 0 Å². The first-order chi connectivity index (χ1) is 27.8. The molecular formula is C50H34N4SSi. The van der Waals surface area contributed by atoms with Crippen LogP contribution in [-0.2, 0) is 0 Å². The minimum absolute atomic E-state index is 0.630. The molecule has 0 unspecified atom stereocenters. The maximum atomic E-state index is 5.26. The van der Waals surface area contributed by atoms with Gasteiger partial charge in [-0.1, -0.05) is 200 Å². The smallest absolute Gasteiger partial charge is 0.179 e. The van der Waals surface area contributed by atoms with Gasteiger partial charge in [-0.3, -0.25) is 0 Å². The van der Waals surface area contributed by atoms with Crippen molar-refractivity contribution >= 4 is 61.1 Å². The molecule has 4 nitrogen and oxygen atoms in total. The molecule has 2 heterocycles. The van der Waals surface area contributed by atoms with E-state index in [0.717, 1.165) is 48.3 Å². The third-order valence-corrected chi connectivity index (χ3v) is 16.5. The number of thiazole rings is 1. The van der Waals surface area contributed by atoms with Gasteiger partial charge in [0, 0.05) is 27.6 Å². The molecule has 56 heavy (non-hydrogen) atoms. The van der Waals surface area contributed by atoms with E-state index in [4.69, 9.17) is 19.9 Å². The van der Waals surface area contributed by atoms with Crippen LogP contribution in [0.25, 0.3) is 65.7 Å². The van der Waals surface area contributed by atoms with Crippen LogP contribution in [-0.4, -0.2) is 28.0 Å². The molecule has 0 aliphatic heterocycles. The Morgan fingerprint density at radius 3 is 1.36 bits per heavy atom. The summed E-state index contributed by atoms with van der Waals surface area (Å²) in [7, 11) is -2.69. The van der Waals surface area contributed by atoms with Gasteiger partial charge < -0.3 is 0 Å². The van der Waals surface area contributed by atoms with E-state index in [2.05, 4.69) is 182 Å². The van der Waals surface area contributed by atoms with Crippen molar-refractivity contribution in [2.45, 2.75) is 0 Å². The monoisotopic (exact) mass is 750 g/mol. The largest absolute Gasteiger partial charge is 0.236 e. The Balaban J connectivity index is 1.16. The van der Waals surface area contributed by atoms with Crippen LogP contribution in [0.5, 0.6) is 0 Å². The molecule has 0 radical (unpaired) electrons. The zero-order valence-corrected chi connectivity index (χ0v) is 32.1. The van der Waals surface area contributed by atoms with E-state index in [9.17, 15) is 0 Å². The van der Waals surface area contributed by atoms with Crippen LogP contribution in [0.4, 0.5) is 0 Å². The van der Waals surface area contributed by atoms with Gasteiger partial charge in [0.2, 0.25) is 0 Å². The molecule has 0 aliphatic rings. The van der Waals surface area contributed by atoms with Crippen molar-refractivity contribution in [3.05, 3.63) is 206 Å². The Bertz CT molecular complexity index is 2840. The number of fused-ring (bicyclic) bond motifs is 3. The van der Waals surface area contributed by atoms with Crippen LogP contribution in [0.15, 0.2) is 206 Å². The molecule has 6 heteroatoms. The lowest BCUT2D eigenvalue weighted by Crippen LogP contribution is -2.74. The van der Waals surface area contributed by atoms with Gasteiger partial charge >= 0.3 is 0 Å². The topological polar surface area (TPSA) is 51.6 Å². The second-order valence-corrected chi connectivity index (χ2v) is 18.6. The first-order valence-electron chi connectivity index (χ1n) is 18.7. The molecule has 0 atom stereocenters. The summed E-state index contributed by atoms with van der Waals surface area (Å²) in [4.78, 5) is 20.6. The SMILES string of the molecule is c1ccc(-c2nc(-c3ccc([Si](c4ccccc4)(c4ccccc4)c4ccccc4)cc3)nc(-c3cccc4ccc5nc(-c6ccccc6)sc5c34)n2)cc1. The lowest BCUT2D eigenvalue weighted by molar-refractivity contribution is 1.08. The highest BCUT2D eigenvalue weighted by Gasteiger charge is 2.41. The van der Waals surface area contributed by atoms with Crippen molar-refractivity contribution in [1.29, 1.82) is 0 Å². The number of hydrogen-bond donors (Lipinski definition) is 0. The second-order valence-electron chi connectivity index (χ2n) is 13.8. The highest BCUT2D eigenvalue weighted by atomic mass is 32.1. The van der Waals surface area contributed by atoms with E-state index in [1.165, 1.54) is 20.7 Å². The van der Waals surface area contributed by atoms with Gasteiger partial charge in [-0.05, 0) is 32.2 Å². The first-order valence-corrected chi connectivity index (χ1v) is 21.5. The Kier molecular flexibility index (Phi) is 8.67. The predicted molar refractivity (Wildman–Crippen MR) is 236 cm³/mol. The molecule has 0 fully saturated rings. The molecule has 0 saturated carbocycles. The molecule has 10 aromatic rings. The van der Waals surface area contributed by atoms with E-state index < -0.39 is 8.07 Å². The number of nitrogens with zero attached hydrogens (tertiary/aromatic N) is 4. The summed E-state index contributed by atoms with van der Waals surface area (Å²) in [6, 6.07) is 73.1. The van der Waals surface area contributed by atoms with Crippen molar-refractivity contribution < 1.29 is 0 Å². The first kappa shape index (κ1) is 33.7. The molecule has 0 amide bonds. The molecule has 0 bridgehead atoms. The molecule has 2 aromatic heterocycles. The summed E-state index contributed by atoms with van der Waals surface area (Å²) in [5.41, 5.74) is 4.89. The molecular weight excluding hydrogens is 717 g/mol. The van der Waals surface area contributed by atoms with E-state index in [0.29, 0.717) is 17.5 Å². The Labute approximate surface area is 330 Å². The standard InChI is InChI=1S/C50H34N4SSi/c1-6-17-36(18-7-1)47-52-48(54-49(53-47)43-28-16-21-35-31-34-44-46(45(35)43)55-50(51-44)38-19-8-2-9-20-38)37-29-32-42(33-30-37)56(39-22-10-3-11-23-39,40-24-12-4-13-25-40)41-26-14-5-15-27-41/h1-34H. The summed E-state index contributed by atoms with van der Waals surface area (Å²) in [6.45, 7) is 0. The molecule has 0 spiro atoms. The highest BCUT2D eigenvalue weighted by molar-refractivity contribution is 7.22. The van der Waals surface area contributed by atoms with Gasteiger partial charge in [0.15, 0.2) is 25.5 Å². The number of aromatic nitrogens is 4. The van der Waals surface area contributed by atoms with Crippen LogP contribution in [0, 0.1) is 0 Å². The highest BCUT2D eigenvalue weighted by Crippen LogP contribution is 2.39. The van der Waals surface area contributed by atoms with Gasteiger partial charge in [-0.25, -0.2) is 19.9 Å². The molecule has 0 saturated heterocycles. The third-order valence-electron chi connectivity index (χ3n) is 10.5. The summed E-state index contributed by atoms with van der Waals surface area (Å²) >= 11 is 1.71. The Morgan fingerprint density at radius 2 is 0.804 bits per heavy atom. The van der Waals surface area contributed by atoms with Gasteiger partial charge in [-0.2, -0.15) is 0 Å². The summed E-state index contributed by atoms with van der Waals surface area (Å²) in [6.07, 6.45) is 0. The molecule has 8 aromatic carbocycles. The van der Waals surface area contributed by atoms with E-state index in [1.54, 1.807) is 11.3 Å². The number of benzene rings is 8. The third kappa shape index (κ3) is 5.92. The molecule has 0 aliphatic carbocycles. The second kappa shape index (κ2) is 14.4. The average molecular weight is 751 g/mol. The number of rotatable bonds is 8. The van der Waals surface area contributed by atoms with Gasteiger partial charge in [-0.15, -0.1) is 11.3 Å². The van der Waals surface area contributed by atoms with Crippen molar-refractivity contribution in [1.82, 2.24) is 19.9 Å². The van der Waals surface area contributed by atoms with Crippen LogP contribution < -0.4 is 20.7 Å². The zero-order chi connectivity index (χ0) is 37.3. The fourth-order valence-electron chi connectivity index (χ4n) is 7.92. The molecule has 0 N–H and O–H groups in total. The average Bonchev–Trinajstić information content (AvgIpc) is 3.74. The zero-order valence-electron chi connectivity index (χ0n) is 30.3. The van der Waals surface area contributed by atoms with Gasteiger partial charge in [0.05, 0.1) is 10.2 Å². The van der Waals surface area contributed by atoms with E-state index in [-0.39, 0.29) is 0 Å². The van der Waals surface area contributed by atoms with Gasteiger partial charge in [0.25, 0.3) is 0 Å². The van der Waals surface area contributed by atoms with Crippen molar-refractivity contribution in [3.63, 3.8) is 0 Å². The van der Waals surface area contributed by atoms with Crippen LogP contribution >= 0.6 is 11.3 Å². The lowest BCUT2D eigenvalue weighted by atomic mass is 10.0. The van der Waals surface area contributed by atoms with E-state index in [1.807, 2.05) is 24.3 Å². The van der Waals surface area contributed by atoms with Gasteiger partial charge in [0.1, 0.15) is 5.01 Å². The van der Waals surface area contributed by atoms with E-state index >= 15 is 0 Å².